The zero-order valence-electron chi connectivity index (χ0n) is 15.2. The normalized spacial score (nSPS) is 25.4. The summed E-state index contributed by atoms with van der Waals surface area (Å²) in [6.07, 6.45) is 2.19. The molecule has 0 aliphatic carbocycles. The average molecular weight is 368 g/mol. The van der Waals surface area contributed by atoms with Crippen molar-refractivity contribution in [3.8, 4) is 0 Å². The highest BCUT2D eigenvalue weighted by Gasteiger charge is 2.39. The zero-order valence-corrected chi connectivity index (χ0v) is 16.0. The number of fused-ring (bicyclic) bond motifs is 4. The molecule has 1 aromatic rings. The minimum Gasteiger partial charge on any atom is -0.375 e. The van der Waals surface area contributed by atoms with Crippen LogP contribution in [0.1, 0.15) is 18.4 Å². The maximum Gasteiger partial charge on any atom is 0.281 e. The van der Waals surface area contributed by atoms with E-state index in [0.29, 0.717) is 38.3 Å². The van der Waals surface area contributed by atoms with Crippen LogP contribution in [0, 0.1) is 5.92 Å². The summed E-state index contributed by atoms with van der Waals surface area (Å²) in [5.74, 6) is 0.419. The van der Waals surface area contributed by atoms with Crippen LogP contribution in [0.2, 0.25) is 0 Å². The van der Waals surface area contributed by atoms with E-state index in [-0.39, 0.29) is 0 Å². The Morgan fingerprint density at radius 3 is 2.60 bits per heavy atom. The highest BCUT2D eigenvalue weighted by atomic mass is 32.2. The van der Waals surface area contributed by atoms with Crippen molar-refractivity contribution >= 4 is 10.2 Å². The lowest BCUT2D eigenvalue weighted by molar-refractivity contribution is 0.0593. The van der Waals surface area contributed by atoms with E-state index >= 15 is 0 Å². The number of benzene rings is 1. The molecule has 25 heavy (non-hydrogen) atoms. The Balaban J connectivity index is 1.52. The number of hydrogen-bond acceptors (Lipinski definition) is 4. The Kier molecular flexibility index (Phi) is 6.12. The van der Waals surface area contributed by atoms with Gasteiger partial charge in [-0.05, 0) is 24.3 Å². The molecule has 3 aliphatic heterocycles. The SMILES string of the molecule is CN(C)S(=O)(=O)N1C[C@H]2CC[C@@H](C1)N(CCOCc1ccccc1)C2. The highest BCUT2D eigenvalue weighted by molar-refractivity contribution is 7.86. The van der Waals surface area contributed by atoms with Crippen molar-refractivity contribution in [2.75, 3.05) is 46.9 Å². The van der Waals surface area contributed by atoms with Crippen LogP contribution in [-0.2, 0) is 21.6 Å². The molecule has 7 heteroatoms. The van der Waals surface area contributed by atoms with Crippen molar-refractivity contribution < 1.29 is 13.2 Å². The van der Waals surface area contributed by atoms with Crippen molar-refractivity contribution in [2.45, 2.75) is 25.5 Å². The molecule has 0 unspecified atom stereocenters. The monoisotopic (exact) mass is 367 g/mol. The molecule has 6 nitrogen and oxygen atoms in total. The quantitative estimate of drug-likeness (QED) is 0.684. The average Bonchev–Trinajstić information content (AvgIpc) is 2.92. The van der Waals surface area contributed by atoms with Crippen LogP contribution in [0.25, 0.3) is 0 Å². The minimum absolute atomic E-state index is 0.300. The molecule has 0 spiro atoms. The topological polar surface area (TPSA) is 53.1 Å². The third-order valence-corrected chi connectivity index (χ3v) is 7.09. The van der Waals surface area contributed by atoms with Crippen molar-refractivity contribution in [3.63, 3.8) is 0 Å². The van der Waals surface area contributed by atoms with E-state index in [9.17, 15) is 8.42 Å². The van der Waals surface area contributed by atoms with Gasteiger partial charge in [-0.15, -0.1) is 0 Å². The van der Waals surface area contributed by atoms with Crippen molar-refractivity contribution in [3.05, 3.63) is 35.9 Å². The van der Waals surface area contributed by atoms with Gasteiger partial charge in [0.25, 0.3) is 10.2 Å². The van der Waals surface area contributed by atoms with Gasteiger partial charge in [0.15, 0.2) is 0 Å². The maximum absolute atomic E-state index is 12.5. The van der Waals surface area contributed by atoms with E-state index in [1.807, 2.05) is 18.2 Å². The molecule has 2 bridgehead atoms. The summed E-state index contributed by atoms with van der Waals surface area (Å²) < 4.78 is 33.8. The standard InChI is InChI=1S/C18H29N3O3S/c1-19(2)25(22,23)21-13-17-8-9-18(14-21)20(12-17)10-11-24-15-16-6-4-3-5-7-16/h3-7,17-18H,8-15H2,1-2H3/t17-,18-/m0/s1. The lowest BCUT2D eigenvalue weighted by atomic mass is 9.95. The van der Waals surface area contributed by atoms with E-state index < -0.39 is 10.2 Å². The molecule has 0 N–H and O–H groups in total. The molecule has 0 saturated carbocycles. The minimum atomic E-state index is -3.32. The number of hydrogen-bond donors (Lipinski definition) is 0. The first-order valence-electron chi connectivity index (χ1n) is 9.00. The summed E-state index contributed by atoms with van der Waals surface area (Å²) in [6, 6.07) is 10.5. The molecule has 4 rings (SSSR count). The summed E-state index contributed by atoms with van der Waals surface area (Å²) >= 11 is 0. The predicted molar refractivity (Wildman–Crippen MR) is 98.4 cm³/mol. The first kappa shape index (κ1) is 18.8. The van der Waals surface area contributed by atoms with E-state index in [1.54, 1.807) is 18.4 Å². The summed E-state index contributed by atoms with van der Waals surface area (Å²) in [6.45, 7) is 4.37. The summed E-state index contributed by atoms with van der Waals surface area (Å²) in [5.41, 5.74) is 1.18. The predicted octanol–water partition coefficient (Wildman–Crippen LogP) is 1.41. The largest absolute Gasteiger partial charge is 0.375 e. The first-order valence-corrected chi connectivity index (χ1v) is 10.4. The fraction of sp³-hybridized carbons (Fsp3) is 0.667. The molecule has 0 radical (unpaired) electrons. The molecule has 140 valence electrons. The van der Waals surface area contributed by atoms with Gasteiger partial charge in [0.05, 0.1) is 13.2 Å². The molecule has 1 aromatic carbocycles. The van der Waals surface area contributed by atoms with Crippen molar-refractivity contribution in [1.82, 2.24) is 13.5 Å². The molecular weight excluding hydrogens is 338 g/mol. The van der Waals surface area contributed by atoms with Gasteiger partial charge in [-0.2, -0.15) is 17.0 Å². The Morgan fingerprint density at radius 1 is 1.12 bits per heavy atom. The second-order valence-corrected chi connectivity index (χ2v) is 9.38. The second kappa shape index (κ2) is 8.14. The summed E-state index contributed by atoms with van der Waals surface area (Å²) in [7, 11) is -0.108. The molecule has 0 aromatic heterocycles. The molecule has 3 fully saturated rings. The smallest absolute Gasteiger partial charge is 0.281 e. The van der Waals surface area contributed by atoms with Gasteiger partial charge in [0.2, 0.25) is 0 Å². The van der Waals surface area contributed by atoms with Gasteiger partial charge in [0, 0.05) is 46.3 Å². The van der Waals surface area contributed by atoms with Gasteiger partial charge < -0.3 is 4.74 Å². The van der Waals surface area contributed by atoms with Crippen LogP contribution in [0.5, 0.6) is 0 Å². The fourth-order valence-electron chi connectivity index (χ4n) is 3.78. The van der Waals surface area contributed by atoms with E-state index in [1.165, 1.54) is 9.87 Å². The van der Waals surface area contributed by atoms with Gasteiger partial charge in [-0.25, -0.2) is 0 Å². The lowest BCUT2D eigenvalue weighted by Crippen LogP contribution is -2.47. The molecule has 3 aliphatic rings. The number of nitrogens with zero attached hydrogens (tertiary/aromatic N) is 3. The summed E-state index contributed by atoms with van der Waals surface area (Å²) in [4.78, 5) is 2.42. The Bertz CT molecular complexity index is 651. The maximum atomic E-state index is 12.5. The molecule has 3 heterocycles. The number of rotatable bonds is 7. The third kappa shape index (κ3) is 4.60. The van der Waals surface area contributed by atoms with E-state index in [2.05, 4.69) is 17.0 Å². The van der Waals surface area contributed by atoms with Gasteiger partial charge in [-0.1, -0.05) is 30.3 Å². The Morgan fingerprint density at radius 2 is 1.88 bits per heavy atom. The van der Waals surface area contributed by atoms with Crippen LogP contribution in [-0.4, -0.2) is 74.9 Å². The lowest BCUT2D eigenvalue weighted by Gasteiger charge is -2.36. The molecule has 2 atom stereocenters. The first-order chi connectivity index (χ1) is 12.0. The Labute approximate surface area is 151 Å². The van der Waals surface area contributed by atoms with Gasteiger partial charge in [0.1, 0.15) is 0 Å². The van der Waals surface area contributed by atoms with Gasteiger partial charge >= 0.3 is 0 Å². The fourth-order valence-corrected chi connectivity index (χ4v) is 5.00. The van der Waals surface area contributed by atoms with E-state index in [4.69, 9.17) is 4.74 Å². The number of ether oxygens (including phenoxy) is 1. The third-order valence-electron chi connectivity index (χ3n) is 5.22. The van der Waals surface area contributed by atoms with Crippen LogP contribution in [0.15, 0.2) is 30.3 Å². The highest BCUT2D eigenvalue weighted by Crippen LogP contribution is 2.29. The number of piperidine rings is 1. The van der Waals surface area contributed by atoms with Crippen molar-refractivity contribution in [2.24, 2.45) is 5.92 Å². The van der Waals surface area contributed by atoms with Crippen LogP contribution in [0.3, 0.4) is 0 Å². The molecule has 3 saturated heterocycles. The van der Waals surface area contributed by atoms with Crippen molar-refractivity contribution in [1.29, 1.82) is 0 Å². The van der Waals surface area contributed by atoms with E-state index in [0.717, 1.165) is 25.9 Å². The van der Waals surface area contributed by atoms with Crippen LogP contribution >= 0.6 is 0 Å². The molecular formula is C18H29N3O3S. The zero-order chi connectivity index (χ0) is 17.9. The van der Waals surface area contributed by atoms with Gasteiger partial charge in [-0.3, -0.25) is 4.90 Å². The second-order valence-electron chi connectivity index (χ2n) is 7.24. The van der Waals surface area contributed by atoms with Crippen LogP contribution < -0.4 is 0 Å². The van der Waals surface area contributed by atoms with Crippen LogP contribution in [0.4, 0.5) is 0 Å². The molecule has 0 amide bonds. The summed E-state index contributed by atoms with van der Waals surface area (Å²) in [5, 5.41) is 0. The Hall–Kier alpha value is -0.990.